The van der Waals surface area contributed by atoms with Crippen LogP contribution in [0.2, 0.25) is 0 Å². The van der Waals surface area contributed by atoms with Crippen molar-refractivity contribution in [3.63, 3.8) is 0 Å². The monoisotopic (exact) mass is 202 g/mol. The normalized spacial score (nSPS) is 15.3. The van der Waals surface area contributed by atoms with E-state index in [2.05, 4.69) is 0 Å². The molecule has 0 N–H and O–H groups in total. The van der Waals surface area contributed by atoms with E-state index in [4.69, 9.17) is 9.47 Å². The Morgan fingerprint density at radius 2 is 1.79 bits per heavy atom. The van der Waals surface area contributed by atoms with E-state index in [1.54, 1.807) is 0 Å². The van der Waals surface area contributed by atoms with Crippen molar-refractivity contribution in [3.05, 3.63) is 0 Å². The molecule has 0 rings (SSSR count). The molecule has 2 unspecified atom stereocenters. The molecule has 14 heavy (non-hydrogen) atoms. The van der Waals surface area contributed by atoms with Crippen LogP contribution in [0.25, 0.3) is 0 Å². The Balaban J connectivity index is 4.08. The van der Waals surface area contributed by atoms with Crippen LogP contribution >= 0.6 is 0 Å². The van der Waals surface area contributed by atoms with Gasteiger partial charge in [-0.25, -0.2) is 0 Å². The fraction of sp³-hybridized carbons (Fsp3) is 0.909. The maximum absolute atomic E-state index is 11.5. The zero-order valence-corrected chi connectivity index (χ0v) is 9.87. The first-order chi connectivity index (χ1) is 6.52. The first-order valence-corrected chi connectivity index (χ1v) is 5.34. The Kier molecular flexibility index (Phi) is 6.54. The van der Waals surface area contributed by atoms with Crippen LogP contribution in [-0.2, 0) is 14.3 Å². The van der Waals surface area contributed by atoms with Crippen molar-refractivity contribution >= 4 is 5.97 Å². The van der Waals surface area contributed by atoms with Gasteiger partial charge < -0.3 is 9.47 Å². The zero-order valence-electron chi connectivity index (χ0n) is 9.87. The molecule has 0 amide bonds. The molecule has 0 aliphatic carbocycles. The van der Waals surface area contributed by atoms with E-state index in [0.717, 1.165) is 6.42 Å². The molecular formula is C11H22O3. The second-order valence-electron chi connectivity index (χ2n) is 3.81. The molecule has 0 saturated carbocycles. The third-order valence-corrected chi connectivity index (χ3v) is 2.12. The molecule has 2 atom stereocenters. The van der Waals surface area contributed by atoms with Crippen molar-refractivity contribution < 1.29 is 14.3 Å². The zero-order chi connectivity index (χ0) is 11.1. The molecule has 0 heterocycles. The van der Waals surface area contributed by atoms with Gasteiger partial charge in [-0.05, 0) is 13.3 Å². The molecule has 0 fully saturated rings. The molecule has 0 aromatic rings. The van der Waals surface area contributed by atoms with Crippen molar-refractivity contribution in [1.29, 1.82) is 0 Å². The van der Waals surface area contributed by atoms with E-state index in [0.29, 0.717) is 6.61 Å². The largest absolute Gasteiger partial charge is 0.435 e. The summed E-state index contributed by atoms with van der Waals surface area (Å²) < 4.78 is 10.6. The maximum atomic E-state index is 11.5. The van der Waals surface area contributed by atoms with E-state index in [1.807, 2.05) is 34.6 Å². The van der Waals surface area contributed by atoms with E-state index in [-0.39, 0.29) is 17.8 Å². The number of ether oxygens (including phenoxy) is 2. The molecule has 0 saturated heterocycles. The number of hydrogen-bond acceptors (Lipinski definition) is 3. The minimum atomic E-state index is -0.401. The van der Waals surface area contributed by atoms with Gasteiger partial charge in [0.2, 0.25) is 6.29 Å². The van der Waals surface area contributed by atoms with Gasteiger partial charge in [0.15, 0.2) is 0 Å². The Bertz CT molecular complexity index is 166. The molecule has 3 nitrogen and oxygen atoms in total. The summed E-state index contributed by atoms with van der Waals surface area (Å²) in [5.74, 6) is -0.0145. The summed E-state index contributed by atoms with van der Waals surface area (Å²) in [7, 11) is 0. The average molecular weight is 202 g/mol. The van der Waals surface area contributed by atoms with Crippen molar-refractivity contribution in [1.82, 2.24) is 0 Å². The number of carbonyl (C=O) groups is 1. The molecule has 0 spiro atoms. The summed E-state index contributed by atoms with van der Waals surface area (Å²) in [4.78, 5) is 11.5. The highest BCUT2D eigenvalue weighted by molar-refractivity contribution is 5.71. The fourth-order valence-corrected chi connectivity index (χ4v) is 0.924. The lowest BCUT2D eigenvalue weighted by molar-refractivity contribution is -0.191. The van der Waals surface area contributed by atoms with E-state index >= 15 is 0 Å². The van der Waals surface area contributed by atoms with Gasteiger partial charge in [-0.15, -0.1) is 0 Å². The van der Waals surface area contributed by atoms with Crippen molar-refractivity contribution in [2.45, 2.75) is 47.3 Å². The van der Waals surface area contributed by atoms with Crippen molar-refractivity contribution in [2.75, 3.05) is 6.61 Å². The Morgan fingerprint density at radius 1 is 1.21 bits per heavy atom. The van der Waals surface area contributed by atoms with Crippen LogP contribution in [0.5, 0.6) is 0 Å². The summed E-state index contributed by atoms with van der Waals surface area (Å²) >= 11 is 0. The van der Waals surface area contributed by atoms with Gasteiger partial charge >= 0.3 is 5.97 Å². The predicted octanol–water partition coefficient (Wildman–Crippen LogP) is 2.59. The van der Waals surface area contributed by atoms with Crippen LogP contribution < -0.4 is 0 Å². The fourth-order valence-electron chi connectivity index (χ4n) is 0.924. The summed E-state index contributed by atoms with van der Waals surface area (Å²) in [6, 6.07) is 0. The summed E-state index contributed by atoms with van der Waals surface area (Å²) in [6.45, 7) is 10.3. The molecule has 0 aliphatic rings. The van der Waals surface area contributed by atoms with E-state index in [9.17, 15) is 4.79 Å². The highest BCUT2D eigenvalue weighted by Gasteiger charge is 2.21. The van der Waals surface area contributed by atoms with Crippen molar-refractivity contribution in [2.24, 2.45) is 11.8 Å². The van der Waals surface area contributed by atoms with Crippen molar-refractivity contribution in [3.8, 4) is 0 Å². The van der Waals surface area contributed by atoms with Crippen LogP contribution in [0.1, 0.15) is 41.0 Å². The molecule has 84 valence electrons. The standard InChI is InChI=1S/C11H22O3/c1-6-9(5)10(12)14-11(8(3)4)13-7-2/h8-9,11H,6-7H2,1-5H3. The first kappa shape index (κ1) is 13.4. The minimum Gasteiger partial charge on any atom is -0.435 e. The lowest BCUT2D eigenvalue weighted by atomic mass is 10.1. The van der Waals surface area contributed by atoms with Crippen LogP contribution in [-0.4, -0.2) is 18.9 Å². The third-order valence-electron chi connectivity index (χ3n) is 2.12. The van der Waals surface area contributed by atoms with Gasteiger partial charge in [0.1, 0.15) is 0 Å². The average Bonchev–Trinajstić information content (AvgIpc) is 2.15. The van der Waals surface area contributed by atoms with E-state index < -0.39 is 6.29 Å². The molecule has 3 heteroatoms. The highest BCUT2D eigenvalue weighted by atomic mass is 16.7. The Labute approximate surface area is 86.8 Å². The molecule has 0 bridgehead atoms. The SMILES string of the molecule is CCOC(OC(=O)C(C)CC)C(C)C. The van der Waals surface area contributed by atoms with E-state index in [1.165, 1.54) is 0 Å². The van der Waals surface area contributed by atoms with Gasteiger partial charge in [0.05, 0.1) is 5.92 Å². The summed E-state index contributed by atoms with van der Waals surface area (Å²) in [5, 5.41) is 0. The summed E-state index contributed by atoms with van der Waals surface area (Å²) in [5.41, 5.74) is 0. The molecular weight excluding hydrogens is 180 g/mol. The third kappa shape index (κ3) is 4.61. The quantitative estimate of drug-likeness (QED) is 0.490. The first-order valence-electron chi connectivity index (χ1n) is 5.34. The second-order valence-corrected chi connectivity index (χ2v) is 3.81. The highest BCUT2D eigenvalue weighted by Crippen LogP contribution is 2.12. The van der Waals surface area contributed by atoms with Gasteiger partial charge in [-0.2, -0.15) is 0 Å². The number of rotatable bonds is 6. The molecule has 0 aliphatic heterocycles. The number of esters is 1. The second kappa shape index (κ2) is 6.82. The lowest BCUT2D eigenvalue weighted by Gasteiger charge is -2.22. The Hall–Kier alpha value is -0.570. The number of carbonyl (C=O) groups excluding carboxylic acids is 1. The Morgan fingerprint density at radius 3 is 2.14 bits per heavy atom. The molecule has 0 radical (unpaired) electrons. The van der Waals surface area contributed by atoms with Crippen LogP contribution in [0.3, 0.4) is 0 Å². The smallest absolute Gasteiger partial charge is 0.310 e. The van der Waals surface area contributed by atoms with Gasteiger partial charge in [0.25, 0.3) is 0 Å². The van der Waals surface area contributed by atoms with Crippen LogP contribution in [0.4, 0.5) is 0 Å². The minimum absolute atomic E-state index is 0.0447. The van der Waals surface area contributed by atoms with Gasteiger partial charge in [-0.1, -0.05) is 27.7 Å². The topological polar surface area (TPSA) is 35.5 Å². The van der Waals surface area contributed by atoms with Gasteiger partial charge in [-0.3, -0.25) is 4.79 Å². The molecule has 0 aromatic carbocycles. The lowest BCUT2D eigenvalue weighted by Crippen LogP contribution is -2.29. The number of hydrogen-bond donors (Lipinski definition) is 0. The van der Waals surface area contributed by atoms with Crippen LogP contribution in [0.15, 0.2) is 0 Å². The van der Waals surface area contributed by atoms with Gasteiger partial charge in [0, 0.05) is 12.5 Å². The maximum Gasteiger partial charge on any atom is 0.310 e. The molecule has 0 aromatic heterocycles. The van der Waals surface area contributed by atoms with Crippen LogP contribution in [0, 0.1) is 11.8 Å². The summed E-state index contributed by atoms with van der Waals surface area (Å²) in [6.07, 6.45) is 0.400. The predicted molar refractivity (Wildman–Crippen MR) is 55.8 cm³/mol.